The highest BCUT2D eigenvalue weighted by atomic mass is 31.2. The second-order valence-electron chi connectivity index (χ2n) is 8.43. The molecule has 1 aliphatic rings. The average Bonchev–Trinajstić information content (AvgIpc) is 2.72. The smallest absolute Gasteiger partial charge is 0.320 e. The summed E-state index contributed by atoms with van der Waals surface area (Å²) in [5.74, 6) is -1.07. The van der Waals surface area contributed by atoms with Crippen molar-refractivity contribution < 1.29 is 24.5 Å². The van der Waals surface area contributed by atoms with Crippen LogP contribution in [0.1, 0.15) is 30.4 Å². The highest BCUT2D eigenvalue weighted by Crippen LogP contribution is 2.59. The van der Waals surface area contributed by atoms with Gasteiger partial charge in [-0.3, -0.25) is 14.3 Å². The van der Waals surface area contributed by atoms with Gasteiger partial charge in [-0.1, -0.05) is 42.3 Å². The lowest BCUT2D eigenvalue weighted by atomic mass is 9.96. The molecule has 7 nitrogen and oxygen atoms in total. The Kier molecular flexibility index (Phi) is 7.22. The van der Waals surface area contributed by atoms with E-state index >= 15 is 0 Å². The predicted octanol–water partition coefficient (Wildman–Crippen LogP) is 3.41. The van der Waals surface area contributed by atoms with Gasteiger partial charge in [0, 0.05) is 25.8 Å². The minimum atomic E-state index is -3.87. The van der Waals surface area contributed by atoms with Crippen LogP contribution in [0.25, 0.3) is 11.1 Å². The van der Waals surface area contributed by atoms with E-state index in [1.165, 1.54) is 0 Å². The lowest BCUT2D eigenvalue weighted by molar-refractivity contribution is -0.141. The standard InChI is InChI=1S/C23H31N2O5P/c1-17-4-6-18(7-5-17)21-14-20(26)9-8-19(21)15-25-12-13-31(29,30)23(16-25,22(27)28)10-2-3-11-24/h4-9,14,26H,2-3,10-13,15-16,24H2,1H3,(H,27,28)(H,29,30)/t23-/m0/s1. The lowest BCUT2D eigenvalue weighted by Gasteiger charge is -2.43. The number of carbonyl (C=O) groups is 1. The number of hydrogen-bond acceptors (Lipinski definition) is 5. The molecule has 0 aromatic heterocycles. The van der Waals surface area contributed by atoms with Crippen molar-refractivity contribution in [2.75, 3.05) is 25.8 Å². The van der Waals surface area contributed by atoms with Crippen molar-refractivity contribution in [2.24, 2.45) is 5.73 Å². The number of rotatable bonds is 8. The van der Waals surface area contributed by atoms with E-state index in [0.29, 0.717) is 32.5 Å². The van der Waals surface area contributed by atoms with Crippen molar-refractivity contribution in [2.45, 2.75) is 37.9 Å². The van der Waals surface area contributed by atoms with Crippen molar-refractivity contribution in [1.82, 2.24) is 4.90 Å². The third-order valence-corrected chi connectivity index (χ3v) is 8.87. The van der Waals surface area contributed by atoms with E-state index in [-0.39, 0.29) is 24.9 Å². The van der Waals surface area contributed by atoms with Gasteiger partial charge in [0.15, 0.2) is 5.16 Å². The van der Waals surface area contributed by atoms with Crippen LogP contribution in [-0.2, 0) is 15.9 Å². The molecule has 1 heterocycles. The van der Waals surface area contributed by atoms with Crippen LogP contribution < -0.4 is 5.73 Å². The molecule has 2 aromatic carbocycles. The van der Waals surface area contributed by atoms with Crippen LogP contribution in [0.3, 0.4) is 0 Å². The number of unbranched alkanes of at least 4 members (excludes halogenated alkanes) is 1. The van der Waals surface area contributed by atoms with Crippen molar-refractivity contribution in [3.63, 3.8) is 0 Å². The van der Waals surface area contributed by atoms with Crippen LogP contribution in [-0.4, -0.2) is 56.9 Å². The number of hydrogen-bond donors (Lipinski definition) is 4. The van der Waals surface area contributed by atoms with Gasteiger partial charge < -0.3 is 20.8 Å². The van der Waals surface area contributed by atoms with Crippen LogP contribution in [0.4, 0.5) is 0 Å². The Morgan fingerprint density at radius 3 is 2.55 bits per heavy atom. The van der Waals surface area contributed by atoms with Crippen LogP contribution in [0, 0.1) is 6.92 Å². The summed E-state index contributed by atoms with van der Waals surface area (Å²) in [4.78, 5) is 24.8. The number of benzene rings is 2. The molecule has 0 amide bonds. The Hall–Kier alpha value is -2.18. The number of aliphatic carboxylic acids is 1. The molecule has 1 saturated heterocycles. The van der Waals surface area contributed by atoms with Gasteiger partial charge in [-0.05, 0) is 55.1 Å². The van der Waals surface area contributed by atoms with E-state index in [1.54, 1.807) is 12.1 Å². The Morgan fingerprint density at radius 2 is 1.90 bits per heavy atom. The molecule has 0 saturated carbocycles. The fourth-order valence-electron chi connectivity index (χ4n) is 4.27. The molecule has 31 heavy (non-hydrogen) atoms. The van der Waals surface area contributed by atoms with Crippen LogP contribution in [0.5, 0.6) is 5.75 Å². The predicted molar refractivity (Wildman–Crippen MR) is 122 cm³/mol. The first-order valence-electron chi connectivity index (χ1n) is 10.6. The zero-order chi connectivity index (χ0) is 22.6. The lowest BCUT2D eigenvalue weighted by Crippen LogP contribution is -2.53. The van der Waals surface area contributed by atoms with E-state index in [2.05, 4.69) is 0 Å². The third kappa shape index (κ3) is 5.01. The summed E-state index contributed by atoms with van der Waals surface area (Å²) in [5, 5.41) is 18.3. The van der Waals surface area contributed by atoms with Crippen LogP contribution in [0.2, 0.25) is 0 Å². The maximum atomic E-state index is 13.0. The van der Waals surface area contributed by atoms with Gasteiger partial charge in [0.25, 0.3) is 0 Å². The van der Waals surface area contributed by atoms with Gasteiger partial charge in [-0.15, -0.1) is 0 Å². The molecule has 168 valence electrons. The van der Waals surface area contributed by atoms with Crippen LogP contribution in [0.15, 0.2) is 42.5 Å². The molecule has 1 fully saturated rings. The number of aromatic hydroxyl groups is 1. The maximum Gasteiger partial charge on any atom is 0.320 e. The van der Waals surface area contributed by atoms with Gasteiger partial charge in [0.05, 0.1) is 0 Å². The van der Waals surface area contributed by atoms with Gasteiger partial charge in [-0.25, -0.2) is 0 Å². The summed E-state index contributed by atoms with van der Waals surface area (Å²) in [7, 11) is -3.87. The quantitative estimate of drug-likeness (QED) is 0.362. The molecular weight excluding hydrogens is 415 g/mol. The average molecular weight is 446 g/mol. The molecular formula is C23H31N2O5P. The van der Waals surface area contributed by atoms with E-state index in [9.17, 15) is 24.5 Å². The number of aryl methyl sites for hydroxylation is 1. The van der Waals surface area contributed by atoms with Crippen LogP contribution >= 0.6 is 7.37 Å². The van der Waals surface area contributed by atoms with E-state index < -0.39 is 18.5 Å². The van der Waals surface area contributed by atoms with Gasteiger partial charge in [0.2, 0.25) is 7.37 Å². The SMILES string of the molecule is Cc1ccc(-c2cc(O)ccc2CN2CCP(=O)(O)[C@](CCCCN)(C(=O)O)C2)cc1. The third-order valence-electron chi connectivity index (χ3n) is 6.17. The van der Waals surface area contributed by atoms with Crippen molar-refractivity contribution in [1.29, 1.82) is 0 Å². The fourth-order valence-corrected chi connectivity index (χ4v) is 6.48. The fraction of sp³-hybridized carbons (Fsp3) is 0.435. The molecule has 5 N–H and O–H groups in total. The molecule has 3 rings (SSSR count). The monoisotopic (exact) mass is 446 g/mol. The first-order chi connectivity index (χ1) is 14.7. The topological polar surface area (TPSA) is 124 Å². The minimum absolute atomic E-state index is 0.00883. The Labute approximate surface area is 183 Å². The summed E-state index contributed by atoms with van der Waals surface area (Å²) in [5.41, 5.74) is 9.42. The molecule has 8 heteroatoms. The normalized spacial score (nSPS) is 24.2. The highest BCUT2D eigenvalue weighted by Gasteiger charge is 2.56. The number of nitrogens with two attached hydrogens (primary N) is 1. The zero-order valence-corrected chi connectivity index (χ0v) is 18.7. The molecule has 0 spiro atoms. The Bertz CT molecular complexity index is 978. The summed E-state index contributed by atoms with van der Waals surface area (Å²) >= 11 is 0. The molecule has 2 atom stereocenters. The molecule has 1 unspecified atom stereocenters. The van der Waals surface area contributed by atoms with Crippen molar-refractivity contribution >= 4 is 13.3 Å². The Morgan fingerprint density at radius 1 is 1.19 bits per heavy atom. The second-order valence-corrected chi connectivity index (χ2v) is 11.1. The molecule has 1 aliphatic heterocycles. The molecule has 0 radical (unpaired) electrons. The number of carboxylic acids is 1. The van der Waals surface area contributed by atoms with Gasteiger partial charge in [-0.2, -0.15) is 0 Å². The van der Waals surface area contributed by atoms with E-state index in [4.69, 9.17) is 5.73 Å². The van der Waals surface area contributed by atoms with Crippen molar-refractivity contribution in [3.8, 4) is 16.9 Å². The van der Waals surface area contributed by atoms with Gasteiger partial charge in [0.1, 0.15) is 5.75 Å². The summed E-state index contributed by atoms with van der Waals surface area (Å²) < 4.78 is 13.0. The second kappa shape index (κ2) is 9.53. The molecule has 0 aliphatic carbocycles. The minimum Gasteiger partial charge on any atom is -0.508 e. The largest absolute Gasteiger partial charge is 0.508 e. The number of nitrogens with zero attached hydrogens (tertiary/aromatic N) is 1. The number of phenolic OH excluding ortho intramolecular Hbond substituents is 1. The first-order valence-corrected chi connectivity index (χ1v) is 12.4. The summed E-state index contributed by atoms with van der Waals surface area (Å²) in [6, 6.07) is 13.1. The van der Waals surface area contributed by atoms with E-state index in [0.717, 1.165) is 22.3 Å². The summed E-state index contributed by atoms with van der Waals surface area (Å²) in [6.45, 7) is 3.20. The van der Waals surface area contributed by atoms with Crippen molar-refractivity contribution in [3.05, 3.63) is 53.6 Å². The summed E-state index contributed by atoms with van der Waals surface area (Å²) in [6.07, 6.45) is 1.18. The first kappa shape index (κ1) is 23.5. The number of carboxylic acid groups (broad SMARTS) is 1. The number of phenols is 1. The highest BCUT2D eigenvalue weighted by molar-refractivity contribution is 7.61. The van der Waals surface area contributed by atoms with Gasteiger partial charge >= 0.3 is 5.97 Å². The zero-order valence-electron chi connectivity index (χ0n) is 17.8. The maximum absolute atomic E-state index is 13.0. The molecule has 0 bridgehead atoms. The molecule has 2 aromatic rings. The van der Waals surface area contributed by atoms with E-state index in [1.807, 2.05) is 42.2 Å². The Balaban J connectivity index is 1.90.